The van der Waals surface area contributed by atoms with Crippen molar-refractivity contribution in [2.24, 2.45) is 5.92 Å². The quantitative estimate of drug-likeness (QED) is 0.647. The summed E-state index contributed by atoms with van der Waals surface area (Å²) in [7, 11) is 0. The van der Waals surface area contributed by atoms with Gasteiger partial charge in [-0.3, -0.25) is 9.59 Å². The van der Waals surface area contributed by atoms with Crippen LogP contribution < -0.4 is 10.4 Å². The molecule has 2 nitrogen and oxygen atoms in total. The Morgan fingerprint density at radius 2 is 1.61 bits per heavy atom. The van der Waals surface area contributed by atoms with Gasteiger partial charge in [0, 0.05) is 23.5 Å². The molecule has 0 aromatic heterocycles. The van der Waals surface area contributed by atoms with E-state index in [1.165, 1.54) is 35.4 Å². The van der Waals surface area contributed by atoms with Gasteiger partial charge in [0.25, 0.3) is 0 Å². The first-order valence-electron chi connectivity index (χ1n) is 9.38. The summed E-state index contributed by atoms with van der Waals surface area (Å²) in [5, 5.41) is 1.88. The van der Waals surface area contributed by atoms with Crippen LogP contribution in [0, 0.1) is 11.7 Å². The minimum atomic E-state index is -0.525. The zero-order chi connectivity index (χ0) is 19.3. The fraction of sp³-hybridized carbons (Fsp3) is 0.120. The fourth-order valence-electron chi connectivity index (χ4n) is 4.25. The molecule has 0 heterocycles. The third kappa shape index (κ3) is 2.63. The number of fused-ring (bicyclic) bond motifs is 5. The highest BCUT2D eigenvalue weighted by Crippen LogP contribution is 2.26. The van der Waals surface area contributed by atoms with Gasteiger partial charge < -0.3 is 0 Å². The molecular weight excluding hydrogens is 351 g/mol. The number of hydrogen-bond acceptors (Lipinski definition) is 2. The summed E-state index contributed by atoms with van der Waals surface area (Å²) in [4.78, 5) is 25.7. The molecule has 5 rings (SSSR count). The maximum absolute atomic E-state index is 13.2. The highest BCUT2D eigenvalue weighted by Gasteiger charge is 2.27. The van der Waals surface area contributed by atoms with E-state index in [9.17, 15) is 14.0 Å². The average molecular weight is 368 g/mol. The molecule has 2 aliphatic rings. The molecule has 0 amide bonds. The molecule has 0 saturated carbocycles. The monoisotopic (exact) mass is 368 g/mol. The number of ketones is 2. The predicted octanol–water partition coefficient (Wildman–Crippen LogP) is 3.70. The first-order chi connectivity index (χ1) is 13.6. The Labute approximate surface area is 161 Å². The van der Waals surface area contributed by atoms with Crippen molar-refractivity contribution < 1.29 is 14.0 Å². The summed E-state index contributed by atoms with van der Waals surface area (Å²) < 4.78 is 13.2. The SMILES string of the molecule is O=C1CC(C(=O)c2ccc(F)cc2)C=c2c1ccc1c2=CCc2ccccc2-1. The first kappa shape index (κ1) is 16.8. The summed E-state index contributed by atoms with van der Waals surface area (Å²) in [6.07, 6.45) is 5.02. The Kier molecular flexibility index (Phi) is 3.83. The topological polar surface area (TPSA) is 34.1 Å². The van der Waals surface area contributed by atoms with Crippen LogP contribution in [0.25, 0.3) is 23.3 Å². The number of rotatable bonds is 2. The number of carbonyl (C=O) groups is 2. The molecule has 0 N–H and O–H groups in total. The normalized spacial score (nSPS) is 16.9. The molecule has 2 aliphatic carbocycles. The summed E-state index contributed by atoms with van der Waals surface area (Å²) >= 11 is 0. The summed E-state index contributed by atoms with van der Waals surface area (Å²) in [6.45, 7) is 0. The number of halogens is 1. The van der Waals surface area contributed by atoms with Crippen molar-refractivity contribution in [1.82, 2.24) is 0 Å². The number of carbonyl (C=O) groups excluding carboxylic acids is 2. The standard InChI is InChI=1S/C25H17FO2/c26-18-8-5-16(6-9-18)25(28)17-13-23-21-10-7-15-3-1-2-4-19(15)20(21)11-12-22(23)24(27)14-17/h1-6,8-13,17H,7,14H2. The fourth-order valence-corrected chi connectivity index (χ4v) is 4.25. The van der Waals surface area contributed by atoms with Gasteiger partial charge in [-0.05, 0) is 57.8 Å². The van der Waals surface area contributed by atoms with E-state index < -0.39 is 5.92 Å². The lowest BCUT2D eigenvalue weighted by atomic mass is 9.81. The van der Waals surface area contributed by atoms with Crippen molar-refractivity contribution in [3.8, 4) is 11.1 Å². The smallest absolute Gasteiger partial charge is 0.170 e. The second kappa shape index (κ2) is 6.38. The van der Waals surface area contributed by atoms with Crippen molar-refractivity contribution >= 4 is 23.7 Å². The highest BCUT2D eigenvalue weighted by atomic mass is 19.1. The van der Waals surface area contributed by atoms with Crippen LogP contribution in [0.15, 0.2) is 60.7 Å². The number of hydrogen-bond donors (Lipinski definition) is 0. The lowest BCUT2D eigenvalue weighted by Gasteiger charge is -2.20. The summed E-state index contributed by atoms with van der Waals surface area (Å²) in [6, 6.07) is 17.7. The molecule has 136 valence electrons. The van der Waals surface area contributed by atoms with E-state index in [0.717, 1.165) is 22.4 Å². The summed E-state index contributed by atoms with van der Waals surface area (Å²) in [5.41, 5.74) is 4.64. The molecule has 3 heteroatoms. The van der Waals surface area contributed by atoms with Crippen molar-refractivity contribution in [3.63, 3.8) is 0 Å². The van der Waals surface area contributed by atoms with E-state index in [0.29, 0.717) is 11.1 Å². The van der Waals surface area contributed by atoms with E-state index in [4.69, 9.17) is 0 Å². The minimum absolute atomic E-state index is 0.0204. The average Bonchev–Trinajstić information content (AvgIpc) is 2.73. The van der Waals surface area contributed by atoms with Crippen molar-refractivity contribution in [3.05, 3.63) is 93.6 Å². The molecule has 0 radical (unpaired) electrons. The lowest BCUT2D eigenvalue weighted by molar-refractivity contribution is 0.0881. The molecule has 28 heavy (non-hydrogen) atoms. The van der Waals surface area contributed by atoms with E-state index in [2.05, 4.69) is 18.2 Å². The van der Waals surface area contributed by atoms with Gasteiger partial charge >= 0.3 is 0 Å². The van der Waals surface area contributed by atoms with Crippen LogP contribution >= 0.6 is 0 Å². The lowest BCUT2D eigenvalue weighted by Crippen LogP contribution is -2.39. The van der Waals surface area contributed by atoms with Gasteiger partial charge in [-0.15, -0.1) is 0 Å². The van der Waals surface area contributed by atoms with Crippen LogP contribution in [0.5, 0.6) is 0 Å². The van der Waals surface area contributed by atoms with Gasteiger partial charge in [0.1, 0.15) is 5.82 Å². The number of benzene rings is 3. The number of Topliss-reactive ketones (excluding diaryl/α,β-unsaturated/α-hetero) is 2. The largest absolute Gasteiger partial charge is 0.294 e. The Balaban J connectivity index is 1.67. The van der Waals surface area contributed by atoms with E-state index >= 15 is 0 Å². The predicted molar refractivity (Wildman–Crippen MR) is 107 cm³/mol. The van der Waals surface area contributed by atoms with Gasteiger partial charge in [0.2, 0.25) is 0 Å². The first-order valence-corrected chi connectivity index (χ1v) is 9.38. The molecule has 0 aliphatic heterocycles. The summed E-state index contributed by atoms with van der Waals surface area (Å²) in [5.74, 6) is -1.07. The Morgan fingerprint density at radius 1 is 0.857 bits per heavy atom. The van der Waals surface area contributed by atoms with Crippen LogP contribution in [0.2, 0.25) is 0 Å². The molecule has 1 atom stereocenters. The molecule has 3 aromatic rings. The van der Waals surface area contributed by atoms with Gasteiger partial charge in [-0.25, -0.2) is 4.39 Å². The van der Waals surface area contributed by atoms with Gasteiger partial charge in [0.15, 0.2) is 11.6 Å². The molecule has 0 fully saturated rings. The van der Waals surface area contributed by atoms with E-state index in [1.54, 1.807) is 0 Å². The maximum Gasteiger partial charge on any atom is 0.170 e. The van der Waals surface area contributed by atoms with Crippen molar-refractivity contribution in [2.75, 3.05) is 0 Å². The second-order valence-corrected chi connectivity index (χ2v) is 7.33. The van der Waals surface area contributed by atoms with Crippen LogP contribution in [-0.4, -0.2) is 11.6 Å². The third-order valence-corrected chi connectivity index (χ3v) is 5.66. The van der Waals surface area contributed by atoms with Crippen LogP contribution in [0.3, 0.4) is 0 Å². The zero-order valence-corrected chi connectivity index (χ0v) is 15.1. The van der Waals surface area contributed by atoms with Crippen LogP contribution in [-0.2, 0) is 6.42 Å². The zero-order valence-electron chi connectivity index (χ0n) is 15.1. The minimum Gasteiger partial charge on any atom is -0.294 e. The van der Waals surface area contributed by atoms with Crippen LogP contribution in [0.1, 0.15) is 32.7 Å². The van der Waals surface area contributed by atoms with Gasteiger partial charge in [0.05, 0.1) is 0 Å². The molecule has 0 saturated heterocycles. The van der Waals surface area contributed by atoms with Gasteiger partial charge in [-0.1, -0.05) is 48.6 Å². The Bertz CT molecular complexity index is 1250. The molecule has 0 bridgehead atoms. The van der Waals surface area contributed by atoms with Crippen LogP contribution in [0.4, 0.5) is 4.39 Å². The highest BCUT2D eigenvalue weighted by molar-refractivity contribution is 6.08. The second-order valence-electron chi connectivity index (χ2n) is 7.33. The molecule has 1 unspecified atom stereocenters. The van der Waals surface area contributed by atoms with Gasteiger partial charge in [-0.2, -0.15) is 0 Å². The van der Waals surface area contributed by atoms with E-state index in [-0.39, 0.29) is 23.8 Å². The maximum atomic E-state index is 13.2. The van der Waals surface area contributed by atoms with E-state index in [1.807, 2.05) is 30.3 Å². The molecular formula is C25H17FO2. The van der Waals surface area contributed by atoms with Crippen molar-refractivity contribution in [2.45, 2.75) is 12.8 Å². The van der Waals surface area contributed by atoms with Crippen molar-refractivity contribution in [1.29, 1.82) is 0 Å². The molecule has 0 spiro atoms. The third-order valence-electron chi connectivity index (χ3n) is 5.66. The Hall–Kier alpha value is -3.33. The Morgan fingerprint density at radius 3 is 2.43 bits per heavy atom. The molecule has 3 aromatic carbocycles.